The second kappa shape index (κ2) is 7.03. The maximum Gasteiger partial charge on any atom is 0.416 e. The standard InChI is InChI=1S/C17H14BrF3N2O2/c18-14-4-2-1-3-13(14)16(24)23-8-6-12(10-23)25-15-9-11(5-7-22-15)17(19,20)21/h1-5,7,9,12H,6,8,10H2. The van der Waals surface area contributed by atoms with E-state index in [1.165, 1.54) is 0 Å². The number of carbonyl (C=O) groups excluding carboxylic acids is 1. The van der Waals surface area contributed by atoms with Crippen molar-refractivity contribution in [2.24, 2.45) is 0 Å². The largest absolute Gasteiger partial charge is 0.472 e. The molecule has 1 aromatic carbocycles. The molecule has 1 saturated heterocycles. The molecule has 0 aliphatic carbocycles. The number of benzene rings is 1. The fourth-order valence-electron chi connectivity index (χ4n) is 2.63. The lowest BCUT2D eigenvalue weighted by molar-refractivity contribution is -0.137. The van der Waals surface area contributed by atoms with E-state index in [9.17, 15) is 18.0 Å². The fourth-order valence-corrected chi connectivity index (χ4v) is 3.09. The average Bonchev–Trinajstić information content (AvgIpc) is 3.03. The van der Waals surface area contributed by atoms with Crippen LogP contribution in [0.2, 0.25) is 0 Å². The van der Waals surface area contributed by atoms with Crippen LogP contribution in [0.15, 0.2) is 47.1 Å². The van der Waals surface area contributed by atoms with Gasteiger partial charge in [0.1, 0.15) is 6.10 Å². The Morgan fingerprint density at radius 3 is 2.76 bits per heavy atom. The molecular formula is C17H14BrF3N2O2. The van der Waals surface area contributed by atoms with E-state index in [0.29, 0.717) is 29.5 Å². The van der Waals surface area contributed by atoms with Crippen LogP contribution in [0.5, 0.6) is 5.88 Å². The average molecular weight is 415 g/mol. The summed E-state index contributed by atoms with van der Waals surface area (Å²) >= 11 is 3.34. The van der Waals surface area contributed by atoms with Gasteiger partial charge in [-0.15, -0.1) is 0 Å². The Morgan fingerprint density at radius 2 is 2.04 bits per heavy atom. The van der Waals surface area contributed by atoms with E-state index in [-0.39, 0.29) is 17.9 Å². The molecule has 0 saturated carbocycles. The number of aromatic nitrogens is 1. The number of pyridine rings is 1. The number of rotatable bonds is 3. The molecule has 25 heavy (non-hydrogen) atoms. The number of ether oxygens (including phenoxy) is 1. The molecule has 4 nitrogen and oxygen atoms in total. The maximum absolute atomic E-state index is 12.7. The van der Waals surface area contributed by atoms with Crippen molar-refractivity contribution in [3.63, 3.8) is 0 Å². The monoisotopic (exact) mass is 414 g/mol. The Bertz CT molecular complexity index is 782. The minimum atomic E-state index is -4.45. The summed E-state index contributed by atoms with van der Waals surface area (Å²) < 4.78 is 44.4. The molecule has 0 N–H and O–H groups in total. The van der Waals surface area contributed by atoms with E-state index in [1.54, 1.807) is 23.1 Å². The van der Waals surface area contributed by atoms with Crippen molar-refractivity contribution in [1.82, 2.24) is 9.88 Å². The van der Waals surface area contributed by atoms with Gasteiger partial charge in [0.05, 0.1) is 17.7 Å². The lowest BCUT2D eigenvalue weighted by Crippen LogP contribution is -2.31. The van der Waals surface area contributed by atoms with Gasteiger partial charge in [-0.25, -0.2) is 4.98 Å². The molecule has 1 fully saturated rings. The molecule has 1 unspecified atom stereocenters. The minimum Gasteiger partial charge on any atom is -0.472 e. The first kappa shape index (κ1) is 17.7. The highest BCUT2D eigenvalue weighted by atomic mass is 79.9. The number of alkyl halides is 3. The zero-order valence-electron chi connectivity index (χ0n) is 13.0. The SMILES string of the molecule is O=C(c1ccccc1Br)N1CCC(Oc2cc(C(F)(F)F)ccn2)C1. The molecule has 2 heterocycles. The zero-order chi connectivity index (χ0) is 18.0. The normalized spacial score (nSPS) is 17.6. The lowest BCUT2D eigenvalue weighted by Gasteiger charge is -2.18. The molecule has 1 atom stereocenters. The third-order valence-electron chi connectivity index (χ3n) is 3.89. The van der Waals surface area contributed by atoms with Gasteiger partial charge >= 0.3 is 6.18 Å². The molecule has 2 aromatic rings. The topological polar surface area (TPSA) is 42.4 Å². The first-order valence-electron chi connectivity index (χ1n) is 7.58. The lowest BCUT2D eigenvalue weighted by atomic mass is 10.2. The van der Waals surface area contributed by atoms with Gasteiger partial charge in [-0.2, -0.15) is 13.2 Å². The summed E-state index contributed by atoms with van der Waals surface area (Å²) in [7, 11) is 0. The molecule has 0 radical (unpaired) electrons. The van der Waals surface area contributed by atoms with Crippen molar-refractivity contribution in [2.45, 2.75) is 18.7 Å². The predicted molar refractivity (Wildman–Crippen MR) is 88.3 cm³/mol. The van der Waals surface area contributed by atoms with Gasteiger partial charge in [0, 0.05) is 29.7 Å². The quantitative estimate of drug-likeness (QED) is 0.757. The summed E-state index contributed by atoms with van der Waals surface area (Å²) in [5, 5.41) is 0. The molecule has 8 heteroatoms. The van der Waals surface area contributed by atoms with E-state index >= 15 is 0 Å². The number of hydrogen-bond donors (Lipinski definition) is 0. The summed E-state index contributed by atoms with van der Waals surface area (Å²) in [6.45, 7) is 0.780. The van der Waals surface area contributed by atoms with Crippen molar-refractivity contribution in [2.75, 3.05) is 13.1 Å². The number of carbonyl (C=O) groups is 1. The van der Waals surface area contributed by atoms with Gasteiger partial charge in [-0.3, -0.25) is 4.79 Å². The highest BCUT2D eigenvalue weighted by Gasteiger charge is 2.32. The van der Waals surface area contributed by atoms with Gasteiger partial charge < -0.3 is 9.64 Å². The smallest absolute Gasteiger partial charge is 0.416 e. The molecular weight excluding hydrogens is 401 g/mol. The highest BCUT2D eigenvalue weighted by molar-refractivity contribution is 9.10. The van der Waals surface area contributed by atoms with E-state index in [1.807, 2.05) is 6.07 Å². The van der Waals surface area contributed by atoms with Crippen molar-refractivity contribution >= 4 is 21.8 Å². The van der Waals surface area contributed by atoms with Crippen LogP contribution in [0.3, 0.4) is 0 Å². The van der Waals surface area contributed by atoms with Crippen LogP contribution in [0.4, 0.5) is 13.2 Å². The van der Waals surface area contributed by atoms with Gasteiger partial charge in [-0.05, 0) is 34.1 Å². The van der Waals surface area contributed by atoms with Crippen molar-refractivity contribution < 1.29 is 22.7 Å². The van der Waals surface area contributed by atoms with Gasteiger partial charge in [0.25, 0.3) is 5.91 Å². The van der Waals surface area contributed by atoms with Gasteiger partial charge in [0.2, 0.25) is 5.88 Å². The fraction of sp³-hybridized carbons (Fsp3) is 0.294. The van der Waals surface area contributed by atoms with E-state index in [0.717, 1.165) is 18.3 Å². The first-order valence-corrected chi connectivity index (χ1v) is 8.37. The van der Waals surface area contributed by atoms with Crippen molar-refractivity contribution in [1.29, 1.82) is 0 Å². The molecule has 0 spiro atoms. The van der Waals surface area contributed by atoms with E-state index < -0.39 is 11.7 Å². The summed E-state index contributed by atoms with van der Waals surface area (Å²) in [4.78, 5) is 18.0. The molecule has 3 rings (SSSR count). The number of amides is 1. The summed E-state index contributed by atoms with van der Waals surface area (Å²) in [5.41, 5.74) is -0.267. The zero-order valence-corrected chi connectivity index (χ0v) is 14.5. The number of halogens is 4. The highest BCUT2D eigenvalue weighted by Crippen LogP contribution is 2.31. The minimum absolute atomic E-state index is 0.0879. The second-order valence-electron chi connectivity index (χ2n) is 5.64. The Balaban J connectivity index is 1.66. The molecule has 0 bridgehead atoms. The van der Waals surface area contributed by atoms with Crippen LogP contribution >= 0.6 is 15.9 Å². The van der Waals surface area contributed by atoms with Crippen molar-refractivity contribution in [3.8, 4) is 5.88 Å². The Kier molecular flexibility index (Phi) is 4.99. The second-order valence-corrected chi connectivity index (χ2v) is 6.49. The Hall–Kier alpha value is -2.09. The van der Waals surface area contributed by atoms with Crippen molar-refractivity contribution in [3.05, 3.63) is 58.2 Å². The van der Waals surface area contributed by atoms with Crippen LogP contribution in [0, 0.1) is 0 Å². The van der Waals surface area contributed by atoms with Crippen LogP contribution in [-0.2, 0) is 6.18 Å². The Morgan fingerprint density at radius 1 is 1.28 bits per heavy atom. The molecule has 1 amide bonds. The Labute approximate surface area is 150 Å². The maximum atomic E-state index is 12.7. The molecule has 132 valence electrons. The summed E-state index contributed by atoms with van der Waals surface area (Å²) in [6, 6.07) is 8.85. The number of nitrogens with zero attached hydrogens (tertiary/aromatic N) is 2. The van der Waals surface area contributed by atoms with E-state index in [4.69, 9.17) is 4.74 Å². The molecule has 1 aliphatic rings. The summed E-state index contributed by atoms with van der Waals surface area (Å²) in [5.74, 6) is -0.231. The van der Waals surface area contributed by atoms with Crippen LogP contribution in [0.1, 0.15) is 22.3 Å². The van der Waals surface area contributed by atoms with Crippen LogP contribution in [-0.4, -0.2) is 35.0 Å². The van der Waals surface area contributed by atoms with Gasteiger partial charge in [-0.1, -0.05) is 12.1 Å². The summed E-state index contributed by atoms with van der Waals surface area (Å²) in [6.07, 6.45) is -3.23. The third kappa shape index (κ3) is 4.12. The molecule has 1 aliphatic heterocycles. The van der Waals surface area contributed by atoms with Crippen LogP contribution < -0.4 is 4.74 Å². The number of hydrogen-bond acceptors (Lipinski definition) is 3. The van der Waals surface area contributed by atoms with E-state index in [2.05, 4.69) is 20.9 Å². The number of likely N-dealkylation sites (tertiary alicyclic amines) is 1. The van der Waals surface area contributed by atoms with Gasteiger partial charge in [0.15, 0.2) is 0 Å². The third-order valence-corrected chi connectivity index (χ3v) is 4.58. The first-order chi connectivity index (χ1) is 11.8. The molecule has 1 aromatic heterocycles. The van der Waals surface area contributed by atoms with Crippen LogP contribution in [0.25, 0.3) is 0 Å². The predicted octanol–water partition coefficient (Wildman–Crippen LogP) is 4.16.